The highest BCUT2D eigenvalue weighted by Crippen LogP contribution is 2.15. The van der Waals surface area contributed by atoms with Gasteiger partial charge in [-0.3, -0.25) is 28.8 Å². The van der Waals surface area contributed by atoms with E-state index >= 15 is 0 Å². The quantitative estimate of drug-likeness (QED) is 0.185. The molecule has 0 bridgehead atoms. The second-order valence-electron chi connectivity index (χ2n) is 8.70. The van der Waals surface area contributed by atoms with Gasteiger partial charge in [-0.25, -0.2) is 0 Å². The molecule has 11 heteroatoms. The summed E-state index contributed by atoms with van der Waals surface area (Å²) in [5, 5.41) is 23.2. The predicted octanol–water partition coefficient (Wildman–Crippen LogP) is 1.56. The molecular weight excluding hydrogens is 470 g/mol. The number of ketones is 1. The molecule has 0 heterocycles. The first-order chi connectivity index (χ1) is 17.0. The molecule has 0 aliphatic rings. The average Bonchev–Trinajstić information content (AvgIpc) is 2.80. The van der Waals surface area contributed by atoms with Crippen LogP contribution in [0.3, 0.4) is 0 Å². The molecule has 0 spiro atoms. The van der Waals surface area contributed by atoms with Gasteiger partial charge in [0.15, 0.2) is 0 Å². The van der Waals surface area contributed by atoms with Crippen molar-refractivity contribution in [2.75, 3.05) is 6.54 Å². The Morgan fingerprint density at radius 3 is 2.14 bits per heavy atom. The van der Waals surface area contributed by atoms with Crippen LogP contribution < -0.4 is 16.4 Å². The zero-order valence-electron chi connectivity index (χ0n) is 20.5. The van der Waals surface area contributed by atoms with Crippen molar-refractivity contribution in [1.29, 1.82) is 0 Å². The largest absolute Gasteiger partial charge is 0.481 e. The van der Waals surface area contributed by atoms with Gasteiger partial charge >= 0.3 is 11.9 Å². The zero-order valence-corrected chi connectivity index (χ0v) is 20.5. The Hall–Kier alpha value is -3.76. The Balaban J connectivity index is 2.38. The van der Waals surface area contributed by atoms with Crippen molar-refractivity contribution in [3.63, 3.8) is 0 Å². The standard InChI is InChI=1S/C25H35N3O8/c1-16-8-10-17(11-9-16)24(34)27-14-3-2-6-20(23(26)33)28-21(30)13-12-18(25(35)36)15-19(29)5-4-7-22(31)32/h8-11,18,20H,2-7,12-15H2,1H3,(H2,26,33)(H,27,34)(H,28,30)(H,31,32)(H,35,36)/t18-,20+/m1/s1. The van der Waals surface area contributed by atoms with Gasteiger partial charge in [0.1, 0.15) is 11.8 Å². The predicted molar refractivity (Wildman–Crippen MR) is 130 cm³/mol. The highest BCUT2D eigenvalue weighted by Gasteiger charge is 2.24. The van der Waals surface area contributed by atoms with Crippen LogP contribution in [0.5, 0.6) is 0 Å². The fourth-order valence-electron chi connectivity index (χ4n) is 3.47. The van der Waals surface area contributed by atoms with Crippen molar-refractivity contribution in [1.82, 2.24) is 10.6 Å². The number of aliphatic carboxylic acids is 2. The summed E-state index contributed by atoms with van der Waals surface area (Å²) in [6, 6.07) is 6.20. The number of carbonyl (C=O) groups is 6. The summed E-state index contributed by atoms with van der Waals surface area (Å²) in [7, 11) is 0. The Labute approximate surface area is 209 Å². The van der Waals surface area contributed by atoms with Gasteiger partial charge in [0, 0.05) is 37.8 Å². The van der Waals surface area contributed by atoms with E-state index in [4.69, 9.17) is 10.8 Å². The first kappa shape index (κ1) is 30.3. The van der Waals surface area contributed by atoms with E-state index in [1.54, 1.807) is 12.1 Å². The molecule has 0 radical (unpaired) electrons. The SMILES string of the molecule is Cc1ccc(C(=O)NCCCC[C@H](NC(=O)CC[C@H](CC(=O)CCCC(=O)O)C(=O)O)C(N)=O)cc1. The number of rotatable bonds is 18. The summed E-state index contributed by atoms with van der Waals surface area (Å²) in [5.74, 6) is -5.22. The molecule has 6 N–H and O–H groups in total. The van der Waals surface area contributed by atoms with Gasteiger partial charge in [0.25, 0.3) is 5.91 Å². The van der Waals surface area contributed by atoms with Crippen LogP contribution in [0.4, 0.5) is 0 Å². The van der Waals surface area contributed by atoms with Gasteiger partial charge in [0.2, 0.25) is 11.8 Å². The molecule has 2 atom stereocenters. The second kappa shape index (κ2) is 16.0. The molecule has 1 rings (SSSR count). The number of aryl methyl sites for hydroxylation is 1. The molecule has 0 saturated carbocycles. The highest BCUT2D eigenvalue weighted by atomic mass is 16.4. The number of hydrogen-bond acceptors (Lipinski definition) is 6. The van der Waals surface area contributed by atoms with Crippen molar-refractivity contribution >= 4 is 35.4 Å². The maximum atomic E-state index is 12.3. The van der Waals surface area contributed by atoms with E-state index in [0.29, 0.717) is 24.9 Å². The molecule has 0 saturated heterocycles. The third-order valence-electron chi connectivity index (χ3n) is 5.59. The summed E-state index contributed by atoms with van der Waals surface area (Å²) in [6.07, 6.45) is 0.598. The lowest BCUT2D eigenvalue weighted by molar-refractivity contribution is -0.144. The number of Topliss-reactive ketones (excluding diaryl/α,β-unsaturated/α-hetero) is 1. The molecule has 36 heavy (non-hydrogen) atoms. The minimum absolute atomic E-state index is 0.0441. The van der Waals surface area contributed by atoms with Gasteiger partial charge in [-0.2, -0.15) is 0 Å². The molecule has 0 aliphatic heterocycles. The molecule has 0 fully saturated rings. The lowest BCUT2D eigenvalue weighted by Crippen LogP contribution is -2.44. The smallest absolute Gasteiger partial charge is 0.306 e. The van der Waals surface area contributed by atoms with E-state index in [2.05, 4.69) is 10.6 Å². The zero-order chi connectivity index (χ0) is 27.1. The summed E-state index contributed by atoms with van der Waals surface area (Å²) >= 11 is 0. The van der Waals surface area contributed by atoms with E-state index < -0.39 is 35.7 Å². The number of primary amides is 1. The number of benzene rings is 1. The maximum absolute atomic E-state index is 12.3. The van der Waals surface area contributed by atoms with Gasteiger partial charge < -0.3 is 26.6 Å². The number of hydrogen-bond donors (Lipinski definition) is 5. The number of amides is 3. The van der Waals surface area contributed by atoms with Crippen LogP contribution in [0.2, 0.25) is 0 Å². The fraction of sp³-hybridized carbons (Fsp3) is 0.520. The molecule has 1 aromatic carbocycles. The third kappa shape index (κ3) is 12.6. The minimum atomic E-state index is -1.23. The fourth-order valence-corrected chi connectivity index (χ4v) is 3.47. The Morgan fingerprint density at radius 1 is 0.889 bits per heavy atom. The van der Waals surface area contributed by atoms with Gasteiger partial charge in [-0.1, -0.05) is 17.7 Å². The maximum Gasteiger partial charge on any atom is 0.306 e. The Bertz CT molecular complexity index is 930. The van der Waals surface area contributed by atoms with Crippen LogP contribution in [0.25, 0.3) is 0 Å². The summed E-state index contributed by atoms with van der Waals surface area (Å²) in [5.41, 5.74) is 6.96. The van der Waals surface area contributed by atoms with Crippen molar-refractivity contribution < 1.29 is 39.0 Å². The van der Waals surface area contributed by atoms with Crippen LogP contribution >= 0.6 is 0 Å². The van der Waals surface area contributed by atoms with E-state index in [0.717, 1.165) is 5.56 Å². The van der Waals surface area contributed by atoms with E-state index in [-0.39, 0.29) is 56.6 Å². The monoisotopic (exact) mass is 505 g/mol. The van der Waals surface area contributed by atoms with Crippen LogP contribution in [-0.2, 0) is 24.0 Å². The number of unbranched alkanes of at least 4 members (excludes halogenated alkanes) is 1. The first-order valence-electron chi connectivity index (χ1n) is 11.9. The second-order valence-corrected chi connectivity index (χ2v) is 8.70. The number of carboxylic acid groups (broad SMARTS) is 2. The first-order valence-corrected chi connectivity index (χ1v) is 11.9. The number of nitrogens with one attached hydrogen (secondary N) is 2. The molecule has 198 valence electrons. The normalized spacial score (nSPS) is 12.2. The van der Waals surface area contributed by atoms with Gasteiger partial charge in [-0.05, 0) is 51.2 Å². The van der Waals surface area contributed by atoms with Gasteiger partial charge in [-0.15, -0.1) is 0 Å². The van der Waals surface area contributed by atoms with Crippen LogP contribution in [-0.4, -0.2) is 58.2 Å². The minimum Gasteiger partial charge on any atom is -0.481 e. The number of carbonyl (C=O) groups excluding carboxylic acids is 4. The van der Waals surface area contributed by atoms with Crippen molar-refractivity contribution in [2.24, 2.45) is 11.7 Å². The number of carboxylic acids is 2. The molecule has 0 aliphatic carbocycles. The van der Waals surface area contributed by atoms with E-state index in [1.807, 2.05) is 19.1 Å². The van der Waals surface area contributed by atoms with Crippen LogP contribution in [0.1, 0.15) is 73.7 Å². The number of nitrogens with two attached hydrogens (primary N) is 1. The Kier molecular flexibility index (Phi) is 13.5. The molecule has 0 unspecified atom stereocenters. The third-order valence-corrected chi connectivity index (χ3v) is 5.59. The molecule has 0 aromatic heterocycles. The molecule has 3 amide bonds. The van der Waals surface area contributed by atoms with Crippen molar-refractivity contribution in [3.8, 4) is 0 Å². The van der Waals surface area contributed by atoms with E-state index in [1.165, 1.54) is 0 Å². The lowest BCUT2D eigenvalue weighted by Gasteiger charge is -2.17. The van der Waals surface area contributed by atoms with E-state index in [9.17, 15) is 33.9 Å². The topological polar surface area (TPSA) is 193 Å². The summed E-state index contributed by atoms with van der Waals surface area (Å²) in [6.45, 7) is 2.31. The van der Waals surface area contributed by atoms with Crippen molar-refractivity contribution in [3.05, 3.63) is 35.4 Å². The Morgan fingerprint density at radius 2 is 1.56 bits per heavy atom. The summed E-state index contributed by atoms with van der Waals surface area (Å²) in [4.78, 5) is 69.9. The van der Waals surface area contributed by atoms with Crippen molar-refractivity contribution in [2.45, 2.75) is 70.8 Å². The molecule has 11 nitrogen and oxygen atoms in total. The molecule has 1 aromatic rings. The molecular formula is C25H35N3O8. The van der Waals surface area contributed by atoms with Crippen LogP contribution in [0.15, 0.2) is 24.3 Å². The summed E-state index contributed by atoms with van der Waals surface area (Å²) < 4.78 is 0. The van der Waals surface area contributed by atoms with Crippen LogP contribution in [0, 0.1) is 12.8 Å². The highest BCUT2D eigenvalue weighted by molar-refractivity contribution is 5.94. The average molecular weight is 506 g/mol. The van der Waals surface area contributed by atoms with Gasteiger partial charge in [0.05, 0.1) is 5.92 Å². The lowest BCUT2D eigenvalue weighted by atomic mass is 9.95.